The molecule has 5 nitrogen and oxygen atoms in total. The number of carbonyl (C=O) groups is 1. The Bertz CT molecular complexity index is 587. The standard InChI is InChI=1S/C21H34O5/c1-20(2,3)16-9-13(10-17(19(16)26)21(4,5)6)7-8-14(22)11-15(23)12-18(24)25/h9-10,14-15,22-23,26H,7-8,11-12H2,1-6H3,(H,24,25). The molecule has 26 heavy (non-hydrogen) atoms. The van der Waals surface area contributed by atoms with Gasteiger partial charge in [0.1, 0.15) is 5.75 Å². The largest absolute Gasteiger partial charge is 0.507 e. The molecule has 0 fully saturated rings. The van der Waals surface area contributed by atoms with Crippen LogP contribution in [0.15, 0.2) is 12.1 Å². The predicted molar refractivity (Wildman–Crippen MR) is 103 cm³/mol. The number of phenols is 1. The highest BCUT2D eigenvalue weighted by molar-refractivity contribution is 5.67. The van der Waals surface area contributed by atoms with Gasteiger partial charge in [0.25, 0.3) is 0 Å². The summed E-state index contributed by atoms with van der Waals surface area (Å²) in [7, 11) is 0. The van der Waals surface area contributed by atoms with Gasteiger partial charge in [-0.05, 0) is 46.8 Å². The predicted octanol–water partition coefficient (Wildman–Crippen LogP) is 3.51. The molecular formula is C21H34O5. The fourth-order valence-corrected chi connectivity index (χ4v) is 3.03. The maximum Gasteiger partial charge on any atom is 0.305 e. The lowest BCUT2D eigenvalue weighted by Crippen LogP contribution is -2.21. The molecule has 0 saturated heterocycles. The van der Waals surface area contributed by atoms with Gasteiger partial charge in [0.05, 0.1) is 18.6 Å². The summed E-state index contributed by atoms with van der Waals surface area (Å²) >= 11 is 0. The van der Waals surface area contributed by atoms with Crippen molar-refractivity contribution >= 4 is 5.97 Å². The van der Waals surface area contributed by atoms with Gasteiger partial charge in [0.2, 0.25) is 0 Å². The van der Waals surface area contributed by atoms with Gasteiger partial charge in [-0.2, -0.15) is 0 Å². The normalized spacial score (nSPS) is 14.9. The van der Waals surface area contributed by atoms with Crippen LogP contribution in [-0.2, 0) is 22.0 Å². The van der Waals surface area contributed by atoms with E-state index in [0.29, 0.717) is 18.6 Å². The van der Waals surface area contributed by atoms with Gasteiger partial charge in [0.15, 0.2) is 0 Å². The second kappa shape index (κ2) is 8.40. The van der Waals surface area contributed by atoms with Crippen molar-refractivity contribution in [1.82, 2.24) is 0 Å². The Balaban J connectivity index is 2.98. The smallest absolute Gasteiger partial charge is 0.305 e. The van der Waals surface area contributed by atoms with Gasteiger partial charge in [-0.1, -0.05) is 53.7 Å². The van der Waals surface area contributed by atoms with Crippen molar-refractivity contribution in [1.29, 1.82) is 0 Å². The maximum atomic E-state index is 10.7. The fourth-order valence-electron chi connectivity index (χ4n) is 3.03. The summed E-state index contributed by atoms with van der Waals surface area (Å²) in [4.78, 5) is 10.6. The molecule has 1 rings (SSSR count). The van der Waals surface area contributed by atoms with Crippen LogP contribution in [0.2, 0.25) is 0 Å². The van der Waals surface area contributed by atoms with Crippen molar-refractivity contribution in [2.24, 2.45) is 0 Å². The van der Waals surface area contributed by atoms with Crippen LogP contribution >= 0.6 is 0 Å². The lowest BCUT2D eigenvalue weighted by Gasteiger charge is -2.28. The molecule has 2 atom stereocenters. The van der Waals surface area contributed by atoms with Crippen LogP contribution in [0.3, 0.4) is 0 Å². The summed E-state index contributed by atoms with van der Waals surface area (Å²) < 4.78 is 0. The number of aliphatic carboxylic acids is 1. The number of aliphatic hydroxyl groups is 2. The highest BCUT2D eigenvalue weighted by Crippen LogP contribution is 2.40. The van der Waals surface area contributed by atoms with Crippen molar-refractivity contribution < 1.29 is 25.2 Å². The van der Waals surface area contributed by atoms with Crippen molar-refractivity contribution in [3.05, 3.63) is 28.8 Å². The number of aryl methyl sites for hydroxylation is 1. The highest BCUT2D eigenvalue weighted by Gasteiger charge is 2.26. The molecule has 2 unspecified atom stereocenters. The zero-order chi connectivity index (χ0) is 20.3. The number of benzene rings is 1. The SMILES string of the molecule is CC(C)(C)c1cc(CCC(O)CC(O)CC(=O)O)cc(C(C)(C)C)c1O. The first-order valence-corrected chi connectivity index (χ1v) is 9.16. The third-order valence-corrected chi connectivity index (χ3v) is 4.51. The van der Waals surface area contributed by atoms with Crippen LogP contribution in [0.1, 0.15) is 77.5 Å². The number of rotatable bonds is 7. The molecule has 0 aliphatic heterocycles. The highest BCUT2D eigenvalue weighted by atomic mass is 16.4. The van der Waals surface area contributed by atoms with Crippen molar-refractivity contribution in [3.8, 4) is 5.75 Å². The zero-order valence-corrected chi connectivity index (χ0v) is 16.8. The maximum absolute atomic E-state index is 10.7. The Kier molecular flexibility index (Phi) is 7.25. The van der Waals surface area contributed by atoms with E-state index < -0.39 is 18.2 Å². The van der Waals surface area contributed by atoms with E-state index in [-0.39, 0.29) is 23.7 Å². The van der Waals surface area contributed by atoms with E-state index in [2.05, 4.69) is 41.5 Å². The van der Waals surface area contributed by atoms with Crippen LogP contribution in [0, 0.1) is 0 Å². The molecule has 148 valence electrons. The number of aromatic hydroxyl groups is 1. The molecule has 4 N–H and O–H groups in total. The average Bonchev–Trinajstić information content (AvgIpc) is 2.42. The minimum atomic E-state index is -1.08. The van der Waals surface area contributed by atoms with Crippen LogP contribution in [0.5, 0.6) is 5.75 Å². The Labute approximate surface area is 156 Å². The minimum Gasteiger partial charge on any atom is -0.507 e. The topological polar surface area (TPSA) is 98.0 Å². The number of carboxylic acids is 1. The number of hydrogen-bond donors (Lipinski definition) is 4. The molecule has 0 bridgehead atoms. The molecule has 0 aromatic heterocycles. The van der Waals surface area contributed by atoms with Crippen LogP contribution in [-0.4, -0.2) is 38.6 Å². The minimum absolute atomic E-state index is 0.0443. The van der Waals surface area contributed by atoms with Crippen LogP contribution < -0.4 is 0 Å². The Morgan fingerprint density at radius 3 is 1.81 bits per heavy atom. The van der Waals surface area contributed by atoms with Crippen LogP contribution in [0.25, 0.3) is 0 Å². The molecule has 1 aromatic rings. The van der Waals surface area contributed by atoms with E-state index in [1.54, 1.807) is 0 Å². The van der Waals surface area contributed by atoms with Gasteiger partial charge in [-0.15, -0.1) is 0 Å². The Morgan fingerprint density at radius 2 is 1.42 bits per heavy atom. The number of carboxylic acid groups (broad SMARTS) is 1. The lowest BCUT2D eigenvalue weighted by atomic mass is 9.78. The van der Waals surface area contributed by atoms with Gasteiger partial charge in [-0.25, -0.2) is 0 Å². The summed E-state index contributed by atoms with van der Waals surface area (Å²) in [6.45, 7) is 12.3. The summed E-state index contributed by atoms with van der Waals surface area (Å²) in [5.41, 5.74) is 2.34. The second-order valence-corrected chi connectivity index (χ2v) is 9.22. The first kappa shape index (κ1) is 22.5. The number of phenolic OH excluding ortho intramolecular Hbond substituents is 1. The Morgan fingerprint density at radius 1 is 0.962 bits per heavy atom. The molecule has 0 aliphatic rings. The van der Waals surface area contributed by atoms with E-state index in [1.165, 1.54) is 0 Å². The van der Waals surface area contributed by atoms with Gasteiger partial charge in [-0.3, -0.25) is 4.79 Å². The van der Waals surface area contributed by atoms with Gasteiger partial charge >= 0.3 is 5.97 Å². The molecule has 0 saturated carbocycles. The van der Waals surface area contributed by atoms with E-state index in [4.69, 9.17) is 5.11 Å². The monoisotopic (exact) mass is 366 g/mol. The van der Waals surface area contributed by atoms with Gasteiger partial charge < -0.3 is 20.4 Å². The van der Waals surface area contributed by atoms with Crippen LogP contribution in [0.4, 0.5) is 0 Å². The summed E-state index contributed by atoms with van der Waals surface area (Å²) in [5.74, 6) is -0.751. The summed E-state index contributed by atoms with van der Waals surface area (Å²) in [6, 6.07) is 3.95. The van der Waals surface area contributed by atoms with E-state index in [0.717, 1.165) is 16.7 Å². The fraction of sp³-hybridized carbons (Fsp3) is 0.667. The molecule has 0 amide bonds. The first-order chi connectivity index (χ1) is 11.7. The molecular weight excluding hydrogens is 332 g/mol. The second-order valence-electron chi connectivity index (χ2n) is 9.22. The van der Waals surface area contributed by atoms with Crippen molar-refractivity contribution in [3.63, 3.8) is 0 Å². The molecule has 0 spiro atoms. The van der Waals surface area contributed by atoms with E-state index in [1.807, 2.05) is 12.1 Å². The number of hydrogen-bond acceptors (Lipinski definition) is 4. The quantitative estimate of drug-likeness (QED) is 0.592. The Hall–Kier alpha value is -1.59. The summed E-state index contributed by atoms with van der Waals surface area (Å²) in [5, 5.41) is 39.2. The first-order valence-electron chi connectivity index (χ1n) is 9.16. The average molecular weight is 366 g/mol. The number of aliphatic hydroxyl groups excluding tert-OH is 2. The third-order valence-electron chi connectivity index (χ3n) is 4.51. The molecule has 0 heterocycles. The van der Waals surface area contributed by atoms with Gasteiger partial charge in [0, 0.05) is 0 Å². The molecule has 1 aromatic carbocycles. The molecule has 0 radical (unpaired) electrons. The molecule has 0 aliphatic carbocycles. The van der Waals surface area contributed by atoms with Crippen molar-refractivity contribution in [2.75, 3.05) is 0 Å². The molecule has 5 heteroatoms. The third kappa shape index (κ3) is 6.61. The zero-order valence-electron chi connectivity index (χ0n) is 16.8. The van der Waals surface area contributed by atoms with Crippen molar-refractivity contribution in [2.45, 2.75) is 90.3 Å². The van der Waals surface area contributed by atoms with E-state index >= 15 is 0 Å². The summed E-state index contributed by atoms with van der Waals surface area (Å²) in [6.07, 6.45) is -1.12. The van der Waals surface area contributed by atoms with E-state index in [9.17, 15) is 20.1 Å². The lowest BCUT2D eigenvalue weighted by molar-refractivity contribution is -0.139.